The zero-order valence-corrected chi connectivity index (χ0v) is 10.7. The fourth-order valence-electron chi connectivity index (χ4n) is 1.74. The molecule has 0 spiro atoms. The van der Waals surface area contributed by atoms with Crippen LogP contribution >= 0.6 is 0 Å². The van der Waals surface area contributed by atoms with Gasteiger partial charge in [-0.05, 0) is 25.2 Å². The summed E-state index contributed by atoms with van der Waals surface area (Å²) in [6.45, 7) is 0.644. The molecule has 0 radical (unpaired) electrons. The first-order chi connectivity index (χ1) is 9.15. The van der Waals surface area contributed by atoms with Crippen LogP contribution in [0.15, 0.2) is 30.5 Å². The number of nitrogens with one attached hydrogen (secondary N) is 1. The number of aromatic nitrogens is 2. The van der Waals surface area contributed by atoms with Gasteiger partial charge in [-0.2, -0.15) is 5.10 Å². The maximum atomic E-state index is 11.0. The summed E-state index contributed by atoms with van der Waals surface area (Å²) in [4.78, 5) is 10.5. The zero-order chi connectivity index (χ0) is 13.8. The number of methoxy groups -OCH3 is 1. The lowest BCUT2D eigenvalue weighted by Crippen LogP contribution is -2.06. The minimum Gasteiger partial charge on any atom is -0.490 e. The zero-order valence-electron chi connectivity index (χ0n) is 10.7. The van der Waals surface area contributed by atoms with Crippen molar-refractivity contribution in [2.24, 2.45) is 0 Å². The van der Waals surface area contributed by atoms with E-state index in [-0.39, 0.29) is 11.4 Å². The van der Waals surface area contributed by atoms with Crippen LogP contribution in [0.5, 0.6) is 5.75 Å². The third-order valence-electron chi connectivity index (χ3n) is 2.63. The molecule has 1 aromatic heterocycles. The summed E-state index contributed by atoms with van der Waals surface area (Å²) >= 11 is 0. The second-order valence-electron chi connectivity index (χ2n) is 3.90. The molecule has 0 aliphatic carbocycles. The van der Waals surface area contributed by atoms with Crippen molar-refractivity contribution in [2.45, 2.75) is 6.54 Å². The van der Waals surface area contributed by atoms with Gasteiger partial charge in [0.2, 0.25) is 0 Å². The molecule has 0 saturated carbocycles. The van der Waals surface area contributed by atoms with Crippen molar-refractivity contribution in [3.63, 3.8) is 0 Å². The second-order valence-corrected chi connectivity index (χ2v) is 3.90. The second kappa shape index (κ2) is 5.49. The summed E-state index contributed by atoms with van der Waals surface area (Å²) in [7, 11) is 3.23. The Morgan fingerprint density at radius 1 is 1.47 bits per heavy atom. The molecule has 0 fully saturated rings. The molecule has 0 aliphatic rings. The molecule has 0 atom stereocenters. The van der Waals surface area contributed by atoms with Crippen LogP contribution in [-0.2, 0) is 6.54 Å². The number of rotatable bonds is 5. The number of hydrogen-bond donors (Lipinski definition) is 1. The van der Waals surface area contributed by atoms with Crippen molar-refractivity contribution in [1.82, 2.24) is 15.1 Å². The van der Waals surface area contributed by atoms with Crippen LogP contribution in [-0.4, -0.2) is 28.9 Å². The molecule has 0 amide bonds. The van der Waals surface area contributed by atoms with Crippen LogP contribution in [0, 0.1) is 10.1 Å². The van der Waals surface area contributed by atoms with Gasteiger partial charge in [-0.15, -0.1) is 0 Å². The van der Waals surface area contributed by atoms with Crippen molar-refractivity contribution in [2.75, 3.05) is 14.2 Å². The van der Waals surface area contributed by atoms with Gasteiger partial charge in [0.1, 0.15) is 0 Å². The summed E-state index contributed by atoms with van der Waals surface area (Å²) < 4.78 is 6.56. The molecule has 1 aromatic carbocycles. The summed E-state index contributed by atoms with van der Waals surface area (Å²) in [6.07, 6.45) is 1.76. The Kier molecular flexibility index (Phi) is 3.76. The molecule has 2 aromatic rings. The predicted molar refractivity (Wildman–Crippen MR) is 69.5 cm³/mol. The lowest BCUT2D eigenvalue weighted by molar-refractivity contribution is -0.385. The van der Waals surface area contributed by atoms with Gasteiger partial charge in [0.15, 0.2) is 5.75 Å². The Balaban J connectivity index is 2.39. The van der Waals surface area contributed by atoms with Gasteiger partial charge in [-0.3, -0.25) is 10.1 Å². The monoisotopic (exact) mass is 262 g/mol. The molecular weight excluding hydrogens is 248 g/mol. The summed E-state index contributed by atoms with van der Waals surface area (Å²) in [5.74, 6) is 0.233. The van der Waals surface area contributed by atoms with Crippen LogP contribution in [0.1, 0.15) is 5.69 Å². The predicted octanol–water partition coefficient (Wildman–Crippen LogP) is 1.51. The highest BCUT2D eigenvalue weighted by Gasteiger charge is 2.16. The van der Waals surface area contributed by atoms with Crippen LogP contribution < -0.4 is 10.1 Å². The molecule has 7 nitrogen and oxygen atoms in total. The Bertz CT molecular complexity index is 594. The van der Waals surface area contributed by atoms with Gasteiger partial charge in [-0.25, -0.2) is 4.68 Å². The van der Waals surface area contributed by atoms with Crippen molar-refractivity contribution in [3.05, 3.63) is 46.3 Å². The van der Waals surface area contributed by atoms with Crippen molar-refractivity contribution in [1.29, 1.82) is 0 Å². The maximum Gasteiger partial charge on any atom is 0.313 e. The van der Waals surface area contributed by atoms with E-state index in [9.17, 15) is 10.1 Å². The van der Waals surface area contributed by atoms with Crippen molar-refractivity contribution < 1.29 is 9.66 Å². The summed E-state index contributed by atoms with van der Waals surface area (Å²) in [5.41, 5.74) is 1.40. The number of ether oxygens (including phenoxy) is 1. The van der Waals surface area contributed by atoms with E-state index in [2.05, 4.69) is 10.4 Å². The molecule has 0 unspecified atom stereocenters. The van der Waals surface area contributed by atoms with Crippen molar-refractivity contribution in [3.8, 4) is 11.4 Å². The van der Waals surface area contributed by atoms with E-state index in [0.717, 1.165) is 5.69 Å². The fourth-order valence-corrected chi connectivity index (χ4v) is 1.74. The Labute approximate surface area is 110 Å². The number of benzene rings is 1. The topological polar surface area (TPSA) is 82.2 Å². The number of nitro groups is 1. The first kappa shape index (κ1) is 13.0. The molecule has 1 heterocycles. The minimum atomic E-state index is -0.472. The molecule has 0 aliphatic heterocycles. The molecule has 100 valence electrons. The van der Waals surface area contributed by atoms with Gasteiger partial charge < -0.3 is 10.1 Å². The molecule has 19 heavy (non-hydrogen) atoms. The third kappa shape index (κ3) is 2.71. The molecule has 1 N–H and O–H groups in total. The van der Waals surface area contributed by atoms with Crippen LogP contribution in [0.4, 0.5) is 5.69 Å². The fraction of sp³-hybridized carbons (Fsp3) is 0.250. The lowest BCUT2D eigenvalue weighted by atomic mass is 10.2. The number of nitrogens with zero attached hydrogens (tertiary/aromatic N) is 3. The van der Waals surface area contributed by atoms with Gasteiger partial charge >= 0.3 is 5.69 Å². The normalized spacial score (nSPS) is 10.4. The highest BCUT2D eigenvalue weighted by molar-refractivity contribution is 5.53. The van der Waals surface area contributed by atoms with Crippen LogP contribution in [0.3, 0.4) is 0 Å². The highest BCUT2D eigenvalue weighted by Crippen LogP contribution is 2.28. The first-order valence-electron chi connectivity index (χ1n) is 5.67. The summed E-state index contributed by atoms with van der Waals surface area (Å²) in [5, 5.41) is 18.3. The minimum absolute atomic E-state index is 0.0781. The first-order valence-corrected chi connectivity index (χ1v) is 5.67. The highest BCUT2D eigenvalue weighted by atomic mass is 16.6. The average molecular weight is 262 g/mol. The Morgan fingerprint density at radius 2 is 2.26 bits per heavy atom. The van der Waals surface area contributed by atoms with E-state index in [0.29, 0.717) is 12.2 Å². The van der Waals surface area contributed by atoms with E-state index in [1.165, 1.54) is 13.2 Å². The lowest BCUT2D eigenvalue weighted by Gasteiger charge is -2.05. The molecule has 2 rings (SSSR count). The standard InChI is InChI=1S/C12H14N4O3/c1-13-8-9-5-6-15(14-9)10-3-4-12(19-2)11(7-10)16(17)18/h3-7,13H,8H2,1-2H3. The van der Waals surface area contributed by atoms with E-state index >= 15 is 0 Å². The van der Waals surface area contributed by atoms with Gasteiger partial charge in [-0.1, -0.05) is 0 Å². The molecule has 0 saturated heterocycles. The number of hydrogen-bond acceptors (Lipinski definition) is 5. The van der Waals surface area contributed by atoms with Gasteiger partial charge in [0.05, 0.1) is 23.4 Å². The van der Waals surface area contributed by atoms with Gasteiger partial charge in [0.25, 0.3) is 0 Å². The largest absolute Gasteiger partial charge is 0.490 e. The van der Waals surface area contributed by atoms with Crippen LogP contribution in [0.25, 0.3) is 5.69 Å². The van der Waals surface area contributed by atoms with E-state index in [1.807, 2.05) is 13.1 Å². The van der Waals surface area contributed by atoms with Crippen LogP contribution in [0.2, 0.25) is 0 Å². The third-order valence-corrected chi connectivity index (χ3v) is 2.63. The molecule has 7 heteroatoms. The Morgan fingerprint density at radius 3 is 2.89 bits per heavy atom. The average Bonchev–Trinajstić information content (AvgIpc) is 2.87. The number of nitro benzene ring substituents is 1. The Hall–Kier alpha value is -2.41. The van der Waals surface area contributed by atoms with E-state index in [4.69, 9.17) is 4.74 Å². The van der Waals surface area contributed by atoms with Crippen molar-refractivity contribution >= 4 is 5.69 Å². The van der Waals surface area contributed by atoms with Gasteiger partial charge in [0, 0.05) is 18.8 Å². The van der Waals surface area contributed by atoms with E-state index in [1.54, 1.807) is 23.0 Å². The summed E-state index contributed by atoms with van der Waals surface area (Å²) in [6, 6.07) is 6.58. The maximum absolute atomic E-state index is 11.0. The molecule has 0 bridgehead atoms. The molecular formula is C12H14N4O3. The smallest absolute Gasteiger partial charge is 0.313 e. The quantitative estimate of drug-likeness (QED) is 0.652. The SMILES string of the molecule is CNCc1ccn(-c2ccc(OC)c([N+](=O)[O-])c2)n1. The van der Waals surface area contributed by atoms with E-state index < -0.39 is 4.92 Å².